The number of nitrogens with zero attached hydrogens (tertiary/aromatic N) is 2. The third-order valence-electron chi connectivity index (χ3n) is 3.78. The monoisotopic (exact) mass is 353 g/mol. The van der Waals surface area contributed by atoms with Gasteiger partial charge < -0.3 is 5.73 Å². The summed E-state index contributed by atoms with van der Waals surface area (Å²) in [6.07, 6.45) is -3.01. The third kappa shape index (κ3) is 2.99. The zero-order chi connectivity index (χ0) is 17.5. The van der Waals surface area contributed by atoms with E-state index in [1.54, 1.807) is 0 Å². The summed E-state index contributed by atoms with van der Waals surface area (Å²) in [5.74, 6) is 0. The van der Waals surface area contributed by atoms with E-state index in [2.05, 4.69) is 4.98 Å². The number of imidazole rings is 1. The molecule has 0 saturated carbocycles. The second kappa shape index (κ2) is 6.11. The quantitative estimate of drug-likeness (QED) is 0.754. The molecule has 0 aliphatic rings. The fourth-order valence-corrected chi connectivity index (χ4v) is 2.89. The maximum atomic E-state index is 13.1. The Balaban J connectivity index is 2.33. The summed E-state index contributed by atoms with van der Waals surface area (Å²) in [7, 11) is 0. The number of pyridine rings is 1. The zero-order valence-electron chi connectivity index (χ0n) is 12.9. The molecule has 3 aromatic rings. The van der Waals surface area contributed by atoms with Gasteiger partial charge >= 0.3 is 6.18 Å². The molecule has 3 nitrogen and oxygen atoms in total. The first-order chi connectivity index (χ1) is 11.3. The van der Waals surface area contributed by atoms with Gasteiger partial charge in [0.25, 0.3) is 0 Å². The van der Waals surface area contributed by atoms with Crippen molar-refractivity contribution < 1.29 is 13.2 Å². The van der Waals surface area contributed by atoms with Crippen LogP contribution < -0.4 is 5.73 Å². The lowest BCUT2D eigenvalue weighted by Gasteiger charge is -2.10. The number of benzene rings is 1. The van der Waals surface area contributed by atoms with E-state index in [4.69, 9.17) is 17.3 Å². The predicted octanol–water partition coefficient (Wildman–Crippen LogP) is 4.48. The molecule has 7 heteroatoms. The number of alkyl halides is 3. The summed E-state index contributed by atoms with van der Waals surface area (Å²) in [6.45, 7) is 2.28. The molecule has 0 amide bonds. The molecule has 0 aliphatic carbocycles. The van der Waals surface area contributed by atoms with Crippen LogP contribution in [0, 0.1) is 6.92 Å². The van der Waals surface area contributed by atoms with Gasteiger partial charge in [0, 0.05) is 18.2 Å². The maximum Gasteiger partial charge on any atom is 0.417 e. The van der Waals surface area contributed by atoms with E-state index in [9.17, 15) is 13.2 Å². The van der Waals surface area contributed by atoms with Crippen LogP contribution in [0.25, 0.3) is 16.9 Å². The molecule has 0 aliphatic heterocycles. The average molecular weight is 354 g/mol. The smallest absolute Gasteiger partial charge is 0.330 e. The molecular weight excluding hydrogens is 339 g/mol. The highest BCUT2D eigenvalue weighted by Crippen LogP contribution is 2.35. The lowest BCUT2D eigenvalue weighted by atomic mass is 10.1. The third-order valence-corrected chi connectivity index (χ3v) is 4.06. The predicted molar refractivity (Wildman–Crippen MR) is 88.1 cm³/mol. The second-order valence-corrected chi connectivity index (χ2v) is 5.99. The Morgan fingerprint density at radius 3 is 2.46 bits per heavy atom. The van der Waals surface area contributed by atoms with Gasteiger partial charge in [-0.15, -0.1) is 0 Å². The van der Waals surface area contributed by atoms with E-state index < -0.39 is 11.7 Å². The number of hydrogen-bond acceptors (Lipinski definition) is 2. The van der Waals surface area contributed by atoms with Crippen LogP contribution >= 0.6 is 11.6 Å². The molecule has 0 unspecified atom stereocenters. The molecule has 0 atom stereocenters. The number of nitrogens with two attached hydrogens (primary N) is 1. The van der Waals surface area contributed by atoms with Crippen molar-refractivity contribution in [3.8, 4) is 11.3 Å². The molecular formula is C17H15ClF3N3. The standard InChI is InChI=1S/C17H15ClF3N3/c1-10-2-4-11(5-3-10)15-14(6-7-22)23-16-13(18)8-12(9-24(15)16)17(19,20)21/h2-5,8-9H,6-7,22H2,1H3. The number of aryl methyl sites for hydroxylation is 1. The maximum absolute atomic E-state index is 13.1. The van der Waals surface area contributed by atoms with Crippen molar-refractivity contribution in [3.05, 3.63) is 58.4 Å². The van der Waals surface area contributed by atoms with Gasteiger partial charge in [-0.3, -0.25) is 4.40 Å². The van der Waals surface area contributed by atoms with Crippen LogP contribution in [0.15, 0.2) is 36.5 Å². The van der Waals surface area contributed by atoms with Crippen molar-refractivity contribution in [2.24, 2.45) is 5.73 Å². The van der Waals surface area contributed by atoms with Gasteiger partial charge in [-0.05, 0) is 19.5 Å². The fourth-order valence-electron chi connectivity index (χ4n) is 2.63. The molecule has 1 aromatic carbocycles. The topological polar surface area (TPSA) is 43.3 Å². The minimum absolute atomic E-state index is 0.0403. The minimum atomic E-state index is -4.49. The minimum Gasteiger partial charge on any atom is -0.330 e. The van der Waals surface area contributed by atoms with E-state index in [0.717, 1.165) is 23.4 Å². The van der Waals surface area contributed by atoms with Crippen molar-refractivity contribution in [2.45, 2.75) is 19.5 Å². The van der Waals surface area contributed by atoms with E-state index in [-0.39, 0.29) is 5.02 Å². The fraction of sp³-hybridized carbons (Fsp3) is 0.235. The number of halogens is 4. The van der Waals surface area contributed by atoms with Gasteiger partial charge in [-0.25, -0.2) is 4.98 Å². The van der Waals surface area contributed by atoms with Crippen molar-refractivity contribution in [1.29, 1.82) is 0 Å². The summed E-state index contributed by atoms with van der Waals surface area (Å²) in [5, 5.41) is -0.0403. The van der Waals surface area contributed by atoms with Crippen molar-refractivity contribution in [1.82, 2.24) is 9.38 Å². The lowest BCUT2D eigenvalue weighted by Crippen LogP contribution is -2.07. The van der Waals surface area contributed by atoms with Gasteiger partial charge in [-0.2, -0.15) is 13.2 Å². The van der Waals surface area contributed by atoms with E-state index in [1.165, 1.54) is 4.40 Å². The summed E-state index contributed by atoms with van der Waals surface area (Å²) in [5.41, 5.74) is 8.15. The van der Waals surface area contributed by atoms with Gasteiger partial charge in [0.05, 0.1) is 22.0 Å². The normalized spacial score (nSPS) is 12.1. The molecule has 0 spiro atoms. The van der Waals surface area contributed by atoms with Crippen molar-refractivity contribution in [3.63, 3.8) is 0 Å². The highest BCUT2D eigenvalue weighted by atomic mass is 35.5. The Morgan fingerprint density at radius 2 is 1.88 bits per heavy atom. The van der Waals surface area contributed by atoms with E-state index in [0.29, 0.717) is 30.0 Å². The summed E-state index contributed by atoms with van der Waals surface area (Å²) in [4.78, 5) is 4.41. The Bertz CT molecular complexity index is 883. The van der Waals surface area contributed by atoms with Crippen molar-refractivity contribution in [2.75, 3.05) is 6.54 Å². The van der Waals surface area contributed by atoms with E-state index >= 15 is 0 Å². The Labute approximate surface area is 141 Å². The first-order valence-corrected chi connectivity index (χ1v) is 7.74. The van der Waals surface area contributed by atoms with Gasteiger partial charge in [0.2, 0.25) is 0 Å². The zero-order valence-corrected chi connectivity index (χ0v) is 13.6. The van der Waals surface area contributed by atoms with Crippen LogP contribution in [0.1, 0.15) is 16.8 Å². The largest absolute Gasteiger partial charge is 0.417 e. The van der Waals surface area contributed by atoms with Crippen LogP contribution in [0.4, 0.5) is 13.2 Å². The Hall–Kier alpha value is -2.05. The SMILES string of the molecule is Cc1ccc(-c2c(CCN)nc3c(Cl)cc(C(F)(F)F)cn23)cc1. The first kappa shape index (κ1) is 16.8. The highest BCUT2D eigenvalue weighted by Gasteiger charge is 2.32. The molecule has 0 radical (unpaired) electrons. The molecule has 0 bridgehead atoms. The summed E-state index contributed by atoms with van der Waals surface area (Å²) >= 11 is 6.05. The summed E-state index contributed by atoms with van der Waals surface area (Å²) in [6, 6.07) is 8.40. The summed E-state index contributed by atoms with van der Waals surface area (Å²) < 4.78 is 40.8. The average Bonchev–Trinajstić information content (AvgIpc) is 2.86. The molecule has 2 aromatic heterocycles. The van der Waals surface area contributed by atoms with Crippen LogP contribution in [-0.2, 0) is 12.6 Å². The molecule has 24 heavy (non-hydrogen) atoms. The number of hydrogen-bond donors (Lipinski definition) is 1. The molecule has 2 N–H and O–H groups in total. The van der Waals surface area contributed by atoms with Crippen molar-refractivity contribution >= 4 is 17.2 Å². The van der Waals surface area contributed by atoms with Gasteiger partial charge in [-0.1, -0.05) is 41.4 Å². The molecule has 0 saturated heterocycles. The van der Waals surface area contributed by atoms with Crippen LogP contribution in [0.2, 0.25) is 5.02 Å². The molecule has 3 rings (SSSR count). The van der Waals surface area contributed by atoms with E-state index in [1.807, 2.05) is 31.2 Å². The van der Waals surface area contributed by atoms with Crippen LogP contribution in [0.5, 0.6) is 0 Å². The Kier molecular flexibility index (Phi) is 4.27. The number of fused-ring (bicyclic) bond motifs is 1. The number of aromatic nitrogens is 2. The second-order valence-electron chi connectivity index (χ2n) is 5.58. The van der Waals surface area contributed by atoms with Gasteiger partial charge in [0.1, 0.15) is 0 Å². The molecule has 126 valence electrons. The molecule has 0 fully saturated rings. The lowest BCUT2D eigenvalue weighted by molar-refractivity contribution is -0.137. The first-order valence-electron chi connectivity index (χ1n) is 7.36. The van der Waals surface area contributed by atoms with Gasteiger partial charge in [0.15, 0.2) is 5.65 Å². The number of rotatable bonds is 3. The highest BCUT2D eigenvalue weighted by molar-refractivity contribution is 6.33. The molecule has 2 heterocycles. The van der Waals surface area contributed by atoms with Crippen LogP contribution in [-0.4, -0.2) is 15.9 Å². The van der Waals surface area contributed by atoms with Crippen LogP contribution in [0.3, 0.4) is 0 Å². The Morgan fingerprint density at radius 1 is 1.21 bits per heavy atom.